The maximum Gasteiger partial charge on any atom is 0.0236 e. The molecule has 1 aromatic rings. The smallest absolute Gasteiger partial charge is 0.0236 e. The molecule has 2 heteroatoms. The summed E-state index contributed by atoms with van der Waals surface area (Å²) in [5, 5.41) is 0. The van der Waals surface area contributed by atoms with Gasteiger partial charge in [0.05, 0.1) is 0 Å². The first-order chi connectivity index (χ1) is 6.75. The van der Waals surface area contributed by atoms with Gasteiger partial charge >= 0.3 is 0 Å². The van der Waals surface area contributed by atoms with Gasteiger partial charge in [0.2, 0.25) is 0 Å². The van der Waals surface area contributed by atoms with E-state index in [9.17, 15) is 0 Å². The number of benzene rings is 1. The quantitative estimate of drug-likeness (QED) is 0.782. The summed E-state index contributed by atoms with van der Waals surface area (Å²) in [7, 11) is 0. The van der Waals surface area contributed by atoms with Crippen LogP contribution in [0.1, 0.15) is 24.0 Å². The summed E-state index contributed by atoms with van der Waals surface area (Å²) in [5.41, 5.74) is 2.86. The highest BCUT2D eigenvalue weighted by atomic mass is 79.9. The fraction of sp³-hybridized carbons (Fsp3) is 0.500. The molecule has 0 amide bonds. The lowest BCUT2D eigenvalue weighted by atomic mass is 10.1. The highest BCUT2D eigenvalue weighted by molar-refractivity contribution is 9.10. The molecule has 0 radical (unpaired) electrons. The summed E-state index contributed by atoms with van der Waals surface area (Å²) in [5.74, 6) is 0. The Balaban J connectivity index is 2.08. The van der Waals surface area contributed by atoms with E-state index >= 15 is 0 Å². The van der Waals surface area contributed by atoms with Crippen LogP contribution >= 0.6 is 15.9 Å². The van der Waals surface area contributed by atoms with Gasteiger partial charge in [0.1, 0.15) is 0 Å². The molecule has 0 N–H and O–H groups in total. The Morgan fingerprint density at radius 2 is 2.00 bits per heavy atom. The number of hydrogen-bond acceptors (Lipinski definition) is 1. The number of nitrogens with zero attached hydrogens (tertiary/aromatic N) is 1. The first-order valence-corrected chi connectivity index (χ1v) is 6.02. The van der Waals surface area contributed by atoms with Gasteiger partial charge in [-0.2, -0.15) is 0 Å². The van der Waals surface area contributed by atoms with Crippen LogP contribution in [0.25, 0.3) is 0 Å². The number of rotatable bonds is 2. The Labute approximate surface area is 94.2 Å². The largest absolute Gasteiger partial charge is 0.299 e. The molecule has 0 unspecified atom stereocenters. The van der Waals surface area contributed by atoms with Crippen molar-refractivity contribution < 1.29 is 0 Å². The van der Waals surface area contributed by atoms with Crippen LogP contribution in [0.2, 0.25) is 0 Å². The van der Waals surface area contributed by atoms with E-state index in [1.165, 1.54) is 41.5 Å². The van der Waals surface area contributed by atoms with Crippen molar-refractivity contribution in [3.8, 4) is 0 Å². The van der Waals surface area contributed by atoms with E-state index in [4.69, 9.17) is 0 Å². The zero-order chi connectivity index (χ0) is 9.97. The molecular weight excluding hydrogens is 238 g/mol. The highest BCUT2D eigenvalue weighted by Crippen LogP contribution is 2.19. The molecule has 1 saturated heterocycles. The van der Waals surface area contributed by atoms with Crippen molar-refractivity contribution in [3.05, 3.63) is 33.8 Å². The third-order valence-corrected chi connectivity index (χ3v) is 3.39. The number of halogens is 1. The monoisotopic (exact) mass is 253 g/mol. The molecule has 0 saturated carbocycles. The minimum atomic E-state index is 1.12. The predicted molar refractivity (Wildman–Crippen MR) is 63.4 cm³/mol. The van der Waals surface area contributed by atoms with Crippen molar-refractivity contribution in [1.82, 2.24) is 4.90 Å². The molecule has 2 rings (SSSR count). The zero-order valence-corrected chi connectivity index (χ0v) is 10.2. The van der Waals surface area contributed by atoms with Gasteiger partial charge in [-0.1, -0.05) is 22.0 Å². The third-order valence-electron chi connectivity index (χ3n) is 2.90. The molecule has 0 aliphatic carbocycles. The van der Waals surface area contributed by atoms with E-state index in [1.54, 1.807) is 0 Å². The number of hydrogen-bond donors (Lipinski definition) is 0. The fourth-order valence-corrected chi connectivity index (χ4v) is 2.49. The standard InChI is InChI=1S/C12H16BrN/c1-10-8-12(13)5-4-11(10)9-14-6-2-3-7-14/h4-5,8H,2-3,6-7,9H2,1H3. The second-order valence-corrected chi connectivity index (χ2v) is 4.97. The Morgan fingerprint density at radius 3 is 2.64 bits per heavy atom. The number of aryl methyl sites for hydroxylation is 1. The van der Waals surface area contributed by atoms with Gasteiger partial charge in [-0.25, -0.2) is 0 Å². The van der Waals surface area contributed by atoms with Gasteiger partial charge in [0, 0.05) is 11.0 Å². The first-order valence-electron chi connectivity index (χ1n) is 5.23. The molecule has 0 atom stereocenters. The van der Waals surface area contributed by atoms with Gasteiger partial charge in [0.15, 0.2) is 0 Å². The van der Waals surface area contributed by atoms with Gasteiger partial charge in [-0.05, 0) is 56.1 Å². The molecule has 0 spiro atoms. The molecule has 0 bridgehead atoms. The van der Waals surface area contributed by atoms with Crippen molar-refractivity contribution in [3.63, 3.8) is 0 Å². The van der Waals surface area contributed by atoms with Gasteiger partial charge in [-0.15, -0.1) is 0 Å². The Kier molecular flexibility index (Phi) is 3.24. The summed E-state index contributed by atoms with van der Waals surface area (Å²) in [4.78, 5) is 2.54. The Morgan fingerprint density at radius 1 is 1.29 bits per heavy atom. The lowest BCUT2D eigenvalue weighted by Gasteiger charge is -2.16. The number of likely N-dealkylation sites (tertiary alicyclic amines) is 1. The maximum atomic E-state index is 3.50. The molecule has 1 aromatic carbocycles. The lowest BCUT2D eigenvalue weighted by Crippen LogP contribution is -2.18. The normalized spacial score (nSPS) is 17.6. The molecule has 1 heterocycles. The van der Waals surface area contributed by atoms with E-state index in [2.05, 4.69) is 46.0 Å². The average molecular weight is 254 g/mol. The average Bonchev–Trinajstić information content (AvgIpc) is 2.62. The highest BCUT2D eigenvalue weighted by Gasteiger charge is 2.12. The van der Waals surface area contributed by atoms with Crippen LogP contribution < -0.4 is 0 Å². The van der Waals surface area contributed by atoms with E-state index in [1.807, 2.05) is 0 Å². The second-order valence-electron chi connectivity index (χ2n) is 4.05. The van der Waals surface area contributed by atoms with Gasteiger partial charge < -0.3 is 0 Å². The minimum absolute atomic E-state index is 1.12. The van der Waals surface area contributed by atoms with Crippen LogP contribution in [0, 0.1) is 6.92 Å². The summed E-state index contributed by atoms with van der Waals surface area (Å²) < 4.78 is 1.18. The van der Waals surface area contributed by atoms with Crippen molar-refractivity contribution in [2.75, 3.05) is 13.1 Å². The molecule has 1 aliphatic rings. The minimum Gasteiger partial charge on any atom is -0.299 e. The summed E-state index contributed by atoms with van der Waals surface area (Å²) >= 11 is 3.50. The van der Waals surface area contributed by atoms with Crippen molar-refractivity contribution in [2.24, 2.45) is 0 Å². The first kappa shape index (κ1) is 10.2. The predicted octanol–water partition coefficient (Wildman–Crippen LogP) is 3.35. The van der Waals surface area contributed by atoms with Crippen molar-refractivity contribution in [2.45, 2.75) is 26.3 Å². The Hall–Kier alpha value is -0.340. The summed E-state index contributed by atoms with van der Waals surface area (Å²) in [6, 6.07) is 6.57. The van der Waals surface area contributed by atoms with Crippen molar-refractivity contribution >= 4 is 15.9 Å². The molecular formula is C12H16BrN. The zero-order valence-electron chi connectivity index (χ0n) is 8.59. The lowest BCUT2D eigenvalue weighted by molar-refractivity contribution is 0.330. The van der Waals surface area contributed by atoms with E-state index < -0.39 is 0 Å². The second kappa shape index (κ2) is 4.45. The summed E-state index contributed by atoms with van der Waals surface area (Å²) in [6.07, 6.45) is 2.74. The van der Waals surface area contributed by atoms with Crippen LogP contribution in [0.5, 0.6) is 0 Å². The molecule has 76 valence electrons. The SMILES string of the molecule is Cc1cc(Br)ccc1CN1CCCC1. The van der Waals surface area contributed by atoms with Crippen LogP contribution in [0.4, 0.5) is 0 Å². The topological polar surface area (TPSA) is 3.24 Å². The summed E-state index contributed by atoms with van der Waals surface area (Å²) in [6.45, 7) is 5.86. The van der Waals surface area contributed by atoms with Crippen LogP contribution in [-0.4, -0.2) is 18.0 Å². The van der Waals surface area contributed by atoms with E-state index in [-0.39, 0.29) is 0 Å². The van der Waals surface area contributed by atoms with E-state index in [0.29, 0.717) is 0 Å². The van der Waals surface area contributed by atoms with Crippen LogP contribution in [0.15, 0.2) is 22.7 Å². The third kappa shape index (κ3) is 2.37. The molecule has 1 fully saturated rings. The molecule has 14 heavy (non-hydrogen) atoms. The molecule has 0 aromatic heterocycles. The fourth-order valence-electron chi connectivity index (χ4n) is 2.02. The maximum absolute atomic E-state index is 3.50. The Bertz CT molecular complexity index is 316. The van der Waals surface area contributed by atoms with E-state index in [0.717, 1.165) is 6.54 Å². The van der Waals surface area contributed by atoms with Crippen LogP contribution in [-0.2, 0) is 6.54 Å². The van der Waals surface area contributed by atoms with Gasteiger partial charge in [0.25, 0.3) is 0 Å². The van der Waals surface area contributed by atoms with Gasteiger partial charge in [-0.3, -0.25) is 4.90 Å². The van der Waals surface area contributed by atoms with Crippen molar-refractivity contribution in [1.29, 1.82) is 0 Å². The molecule has 1 nitrogen and oxygen atoms in total. The van der Waals surface area contributed by atoms with Crippen LogP contribution in [0.3, 0.4) is 0 Å². The molecule has 1 aliphatic heterocycles.